The van der Waals surface area contributed by atoms with E-state index in [1.807, 2.05) is 0 Å². The first-order chi connectivity index (χ1) is 14.1. The molecule has 2 aliphatic heterocycles. The molecule has 0 aliphatic carbocycles. The number of nitrogens with zero attached hydrogens (tertiary/aromatic N) is 3. The molecule has 0 aromatic heterocycles. The van der Waals surface area contributed by atoms with Gasteiger partial charge in [-0.05, 0) is 58.3 Å². The number of para-hydroxylation sites is 1. The van der Waals surface area contributed by atoms with Gasteiger partial charge in [-0.15, -0.1) is 24.0 Å². The molecule has 2 N–H and O–H groups in total. The average Bonchev–Trinajstić information content (AvgIpc) is 2.77. The monoisotopic (exact) mass is 529 g/mol. The van der Waals surface area contributed by atoms with Crippen LogP contribution in [0.5, 0.6) is 0 Å². The minimum Gasteiger partial charge on any atom is -0.378 e. The Morgan fingerprint density at radius 2 is 1.73 bits per heavy atom. The van der Waals surface area contributed by atoms with Gasteiger partial charge in [-0.2, -0.15) is 0 Å². The minimum atomic E-state index is 0. The second kappa shape index (κ2) is 12.7. The largest absolute Gasteiger partial charge is 0.378 e. The van der Waals surface area contributed by atoms with Crippen molar-refractivity contribution in [3.63, 3.8) is 0 Å². The lowest BCUT2D eigenvalue weighted by molar-refractivity contribution is 0.0982. The predicted octanol–water partition coefficient (Wildman–Crippen LogP) is 3.46. The van der Waals surface area contributed by atoms with Gasteiger partial charge < -0.3 is 20.3 Å². The van der Waals surface area contributed by atoms with Crippen LogP contribution < -0.4 is 15.5 Å². The standard InChI is InChI=1S/C23H39N5O.HI/c1-4-24-22(26-19-23(2,3)28-12-8-5-9-13-28)25-18-20-10-6-7-11-21(20)27-14-16-29-17-15-27;/h6-7,10-11H,4-5,8-9,12-19H2,1-3H3,(H2,24,25,26);1H. The Bertz CT molecular complexity index is 655. The Balaban J connectivity index is 0.00000320. The van der Waals surface area contributed by atoms with E-state index in [0.29, 0.717) is 6.54 Å². The van der Waals surface area contributed by atoms with E-state index >= 15 is 0 Å². The van der Waals surface area contributed by atoms with Crippen LogP contribution in [0.15, 0.2) is 29.3 Å². The van der Waals surface area contributed by atoms with Gasteiger partial charge in [0.1, 0.15) is 0 Å². The fourth-order valence-electron chi connectivity index (χ4n) is 4.17. The summed E-state index contributed by atoms with van der Waals surface area (Å²) in [6, 6.07) is 8.61. The van der Waals surface area contributed by atoms with Gasteiger partial charge in [0.2, 0.25) is 0 Å². The Morgan fingerprint density at radius 3 is 2.43 bits per heavy atom. The third-order valence-corrected chi connectivity index (χ3v) is 6.00. The van der Waals surface area contributed by atoms with Crippen molar-refractivity contribution in [2.75, 3.05) is 57.4 Å². The topological polar surface area (TPSA) is 52.1 Å². The van der Waals surface area contributed by atoms with E-state index in [9.17, 15) is 0 Å². The van der Waals surface area contributed by atoms with Crippen LogP contribution in [0.3, 0.4) is 0 Å². The molecular weight excluding hydrogens is 489 g/mol. The quantitative estimate of drug-likeness (QED) is 0.322. The number of likely N-dealkylation sites (tertiary alicyclic amines) is 1. The third-order valence-electron chi connectivity index (χ3n) is 6.00. The first kappa shape index (κ1) is 25.2. The predicted molar refractivity (Wildman–Crippen MR) is 137 cm³/mol. The average molecular weight is 530 g/mol. The van der Waals surface area contributed by atoms with Crippen molar-refractivity contribution in [3.8, 4) is 0 Å². The fraction of sp³-hybridized carbons (Fsp3) is 0.696. The lowest BCUT2D eigenvalue weighted by atomic mass is 9.98. The highest BCUT2D eigenvalue weighted by Crippen LogP contribution is 2.22. The molecule has 7 heteroatoms. The molecule has 6 nitrogen and oxygen atoms in total. The third kappa shape index (κ3) is 7.27. The van der Waals surface area contributed by atoms with Crippen molar-refractivity contribution < 1.29 is 4.74 Å². The van der Waals surface area contributed by atoms with E-state index in [2.05, 4.69) is 65.5 Å². The van der Waals surface area contributed by atoms with E-state index in [-0.39, 0.29) is 29.5 Å². The number of aliphatic imine (C=N–C) groups is 1. The van der Waals surface area contributed by atoms with Crippen molar-refractivity contribution in [1.82, 2.24) is 15.5 Å². The van der Waals surface area contributed by atoms with Gasteiger partial charge in [-0.1, -0.05) is 24.6 Å². The molecule has 0 unspecified atom stereocenters. The molecule has 0 radical (unpaired) electrons. The minimum absolute atomic E-state index is 0. The smallest absolute Gasteiger partial charge is 0.191 e. The Labute approximate surface area is 199 Å². The highest BCUT2D eigenvalue weighted by Gasteiger charge is 2.27. The molecule has 0 spiro atoms. The van der Waals surface area contributed by atoms with Crippen LogP contribution in [0.1, 0.15) is 45.6 Å². The Hall–Kier alpha value is -1.06. The summed E-state index contributed by atoms with van der Waals surface area (Å²) < 4.78 is 5.51. The summed E-state index contributed by atoms with van der Waals surface area (Å²) >= 11 is 0. The van der Waals surface area contributed by atoms with Gasteiger partial charge in [-0.3, -0.25) is 4.90 Å². The summed E-state index contributed by atoms with van der Waals surface area (Å²) in [6.07, 6.45) is 4.00. The summed E-state index contributed by atoms with van der Waals surface area (Å²) in [4.78, 5) is 9.93. The van der Waals surface area contributed by atoms with Crippen molar-refractivity contribution in [2.24, 2.45) is 4.99 Å². The number of ether oxygens (including phenoxy) is 1. The number of nitrogens with one attached hydrogen (secondary N) is 2. The van der Waals surface area contributed by atoms with Crippen LogP contribution in [0, 0.1) is 0 Å². The van der Waals surface area contributed by atoms with Gasteiger partial charge >= 0.3 is 0 Å². The molecule has 2 aliphatic rings. The first-order valence-corrected chi connectivity index (χ1v) is 11.3. The number of benzene rings is 1. The summed E-state index contributed by atoms with van der Waals surface area (Å²) in [5, 5.41) is 7.01. The molecule has 2 fully saturated rings. The van der Waals surface area contributed by atoms with Gasteiger partial charge in [0.05, 0.1) is 19.8 Å². The second-order valence-corrected chi connectivity index (χ2v) is 8.64. The zero-order valence-electron chi connectivity index (χ0n) is 19.0. The maximum Gasteiger partial charge on any atom is 0.191 e. The number of anilines is 1. The summed E-state index contributed by atoms with van der Waals surface area (Å²) in [7, 11) is 0. The molecule has 2 heterocycles. The maximum atomic E-state index is 5.51. The summed E-state index contributed by atoms with van der Waals surface area (Å²) in [5.74, 6) is 0.898. The van der Waals surface area contributed by atoms with Crippen molar-refractivity contribution >= 4 is 35.6 Å². The van der Waals surface area contributed by atoms with Gasteiger partial charge in [0, 0.05) is 37.4 Å². The molecule has 2 saturated heterocycles. The number of halogens is 1. The van der Waals surface area contributed by atoms with Gasteiger partial charge in [0.15, 0.2) is 5.96 Å². The first-order valence-electron chi connectivity index (χ1n) is 11.3. The van der Waals surface area contributed by atoms with Crippen LogP contribution in [0.2, 0.25) is 0 Å². The molecule has 30 heavy (non-hydrogen) atoms. The summed E-state index contributed by atoms with van der Waals surface area (Å²) in [6.45, 7) is 15.1. The number of rotatable bonds is 7. The van der Waals surface area contributed by atoms with Crippen LogP contribution in [0.25, 0.3) is 0 Å². The van der Waals surface area contributed by atoms with Crippen LogP contribution in [0.4, 0.5) is 5.69 Å². The highest BCUT2D eigenvalue weighted by atomic mass is 127. The zero-order valence-corrected chi connectivity index (χ0v) is 21.3. The van der Waals surface area contributed by atoms with Crippen molar-refractivity contribution in [3.05, 3.63) is 29.8 Å². The Kier molecular flexibility index (Phi) is 10.7. The lowest BCUT2D eigenvalue weighted by Crippen LogP contribution is -2.54. The normalized spacial score (nSPS) is 18.6. The van der Waals surface area contributed by atoms with E-state index in [0.717, 1.165) is 45.4 Å². The van der Waals surface area contributed by atoms with E-state index in [1.54, 1.807) is 0 Å². The molecule has 0 saturated carbocycles. The molecule has 0 amide bonds. The highest BCUT2D eigenvalue weighted by molar-refractivity contribution is 14.0. The molecule has 3 rings (SSSR count). The summed E-state index contributed by atoms with van der Waals surface area (Å²) in [5.41, 5.74) is 2.67. The van der Waals surface area contributed by atoms with Crippen LogP contribution in [-0.4, -0.2) is 68.9 Å². The van der Waals surface area contributed by atoms with Gasteiger partial charge in [0.25, 0.3) is 0 Å². The van der Waals surface area contributed by atoms with Crippen LogP contribution >= 0.6 is 24.0 Å². The SMILES string of the molecule is CCNC(=NCc1ccccc1N1CCOCC1)NCC(C)(C)N1CCCCC1.I. The number of piperidine rings is 1. The lowest BCUT2D eigenvalue weighted by Gasteiger charge is -2.41. The molecular formula is C23H40IN5O. The molecule has 170 valence electrons. The van der Waals surface area contributed by atoms with E-state index in [1.165, 1.54) is 43.6 Å². The molecule has 0 bridgehead atoms. The number of guanidine groups is 1. The van der Waals surface area contributed by atoms with E-state index in [4.69, 9.17) is 9.73 Å². The van der Waals surface area contributed by atoms with Crippen molar-refractivity contribution in [2.45, 2.75) is 52.1 Å². The molecule has 1 aromatic rings. The zero-order chi connectivity index (χ0) is 20.5. The molecule has 1 aromatic carbocycles. The maximum absolute atomic E-state index is 5.51. The molecule has 0 atom stereocenters. The number of hydrogen-bond donors (Lipinski definition) is 2. The Morgan fingerprint density at radius 1 is 1.03 bits per heavy atom. The number of hydrogen-bond acceptors (Lipinski definition) is 4. The van der Waals surface area contributed by atoms with Gasteiger partial charge in [-0.25, -0.2) is 4.99 Å². The van der Waals surface area contributed by atoms with E-state index < -0.39 is 0 Å². The van der Waals surface area contributed by atoms with Crippen LogP contribution in [-0.2, 0) is 11.3 Å². The second-order valence-electron chi connectivity index (χ2n) is 8.64. The van der Waals surface area contributed by atoms with Crippen molar-refractivity contribution in [1.29, 1.82) is 0 Å². The number of morpholine rings is 1. The fourth-order valence-corrected chi connectivity index (χ4v) is 4.17.